The van der Waals surface area contributed by atoms with Gasteiger partial charge in [0.2, 0.25) is 0 Å². The summed E-state index contributed by atoms with van der Waals surface area (Å²) in [6, 6.07) is 65.4. The van der Waals surface area contributed by atoms with Crippen LogP contribution in [0.4, 0.5) is 0 Å². The Morgan fingerprint density at radius 2 is 0.765 bits per heavy atom. The van der Waals surface area contributed by atoms with Crippen LogP contribution in [0.3, 0.4) is 0 Å². The van der Waals surface area contributed by atoms with Gasteiger partial charge >= 0.3 is 0 Å². The second kappa shape index (κ2) is 10.8. The molecule has 0 fully saturated rings. The van der Waals surface area contributed by atoms with E-state index >= 15 is 0 Å². The largest absolute Gasteiger partial charge is 0.456 e. The third-order valence-electron chi connectivity index (χ3n) is 10.5. The Hall–Kier alpha value is -6.84. The number of furan rings is 1. The highest BCUT2D eigenvalue weighted by Gasteiger charge is 2.22. The topological polar surface area (TPSA) is 23.0 Å². The molecule has 0 N–H and O–H groups in total. The van der Waals surface area contributed by atoms with Crippen molar-refractivity contribution in [3.8, 4) is 33.6 Å². The van der Waals surface area contributed by atoms with Gasteiger partial charge in [0.1, 0.15) is 11.2 Å². The van der Waals surface area contributed by atoms with E-state index in [-0.39, 0.29) is 0 Å². The minimum Gasteiger partial charge on any atom is -0.456 e. The number of nitrogens with zero attached hydrogens (tertiary/aromatic N) is 2. The Balaban J connectivity index is 1.21. The van der Waals surface area contributed by atoms with E-state index in [1.165, 1.54) is 54.8 Å². The molecule has 0 spiro atoms. The standard InChI is InChI=1S/C48H30N2O/c1-3-12-31(13-4-1)33-16-11-17-35(28-33)49-43-20-9-7-18-37(43)41-26-27-42-38-19-8-10-21-44(38)50(48(42)47(41)49)36-23-25-40-39-24-22-34(32-14-5-2-6-15-32)29-45(39)51-46(40)30-36/h1-30H. The maximum Gasteiger partial charge on any atom is 0.137 e. The fourth-order valence-corrected chi connectivity index (χ4v) is 8.21. The van der Waals surface area contributed by atoms with Gasteiger partial charge in [0.05, 0.1) is 27.8 Å². The average Bonchev–Trinajstić information content (AvgIpc) is 3.85. The lowest BCUT2D eigenvalue weighted by Crippen LogP contribution is -1.99. The summed E-state index contributed by atoms with van der Waals surface area (Å²) < 4.78 is 11.5. The van der Waals surface area contributed by atoms with Crippen LogP contribution in [0, 0.1) is 0 Å². The highest BCUT2D eigenvalue weighted by Crippen LogP contribution is 2.43. The summed E-state index contributed by atoms with van der Waals surface area (Å²) in [4.78, 5) is 0. The molecule has 0 aliphatic rings. The van der Waals surface area contributed by atoms with Crippen LogP contribution in [0.1, 0.15) is 0 Å². The minimum absolute atomic E-state index is 0.877. The van der Waals surface area contributed by atoms with E-state index in [0.717, 1.165) is 44.4 Å². The van der Waals surface area contributed by atoms with Crippen molar-refractivity contribution in [2.75, 3.05) is 0 Å². The number of benzene rings is 8. The summed E-state index contributed by atoms with van der Waals surface area (Å²) in [6.07, 6.45) is 0. The molecule has 0 saturated heterocycles. The van der Waals surface area contributed by atoms with Gasteiger partial charge in [0, 0.05) is 44.1 Å². The van der Waals surface area contributed by atoms with Gasteiger partial charge in [-0.25, -0.2) is 0 Å². The molecule has 3 aromatic heterocycles. The molecule has 0 bridgehead atoms. The van der Waals surface area contributed by atoms with Crippen LogP contribution in [0.5, 0.6) is 0 Å². The van der Waals surface area contributed by atoms with E-state index in [2.05, 4.69) is 191 Å². The lowest BCUT2D eigenvalue weighted by Gasteiger charge is -2.13. The SMILES string of the molecule is c1ccc(-c2cccc(-n3c4ccccc4c4ccc5c6ccccc6n(-c6ccc7c(c6)oc6cc(-c8ccccc8)ccc67)c5c43)c2)cc1. The van der Waals surface area contributed by atoms with Crippen LogP contribution in [0.2, 0.25) is 0 Å². The highest BCUT2D eigenvalue weighted by atomic mass is 16.3. The van der Waals surface area contributed by atoms with E-state index in [1.54, 1.807) is 0 Å². The van der Waals surface area contributed by atoms with Crippen molar-refractivity contribution >= 4 is 65.6 Å². The number of hydrogen-bond acceptors (Lipinski definition) is 1. The second-order valence-corrected chi connectivity index (χ2v) is 13.3. The molecular formula is C48H30N2O. The normalized spacial score (nSPS) is 11.9. The molecule has 0 saturated carbocycles. The summed E-state index contributed by atoms with van der Waals surface area (Å²) in [5.74, 6) is 0. The van der Waals surface area contributed by atoms with Gasteiger partial charge in [-0.05, 0) is 70.8 Å². The molecule has 3 nitrogen and oxygen atoms in total. The molecule has 0 aliphatic carbocycles. The zero-order valence-electron chi connectivity index (χ0n) is 27.6. The first kappa shape index (κ1) is 28.0. The Bertz CT molecular complexity index is 3130. The van der Waals surface area contributed by atoms with Crippen molar-refractivity contribution < 1.29 is 4.42 Å². The summed E-state index contributed by atoms with van der Waals surface area (Å²) in [6.45, 7) is 0. The summed E-state index contributed by atoms with van der Waals surface area (Å²) in [5, 5.41) is 7.15. The van der Waals surface area contributed by atoms with Crippen LogP contribution in [0.15, 0.2) is 186 Å². The van der Waals surface area contributed by atoms with E-state index in [9.17, 15) is 0 Å². The fourth-order valence-electron chi connectivity index (χ4n) is 8.21. The van der Waals surface area contributed by atoms with E-state index < -0.39 is 0 Å². The van der Waals surface area contributed by atoms with Gasteiger partial charge in [-0.1, -0.05) is 127 Å². The van der Waals surface area contributed by atoms with E-state index in [0.29, 0.717) is 0 Å². The molecule has 0 radical (unpaired) electrons. The van der Waals surface area contributed by atoms with Crippen LogP contribution in [-0.2, 0) is 0 Å². The van der Waals surface area contributed by atoms with Gasteiger partial charge in [-0.3, -0.25) is 0 Å². The van der Waals surface area contributed by atoms with Gasteiger partial charge in [0.15, 0.2) is 0 Å². The predicted molar refractivity (Wildman–Crippen MR) is 213 cm³/mol. The van der Waals surface area contributed by atoms with Gasteiger partial charge in [-0.15, -0.1) is 0 Å². The zero-order chi connectivity index (χ0) is 33.5. The lowest BCUT2D eigenvalue weighted by atomic mass is 10.0. The fraction of sp³-hybridized carbons (Fsp3) is 0. The molecule has 3 heterocycles. The van der Waals surface area contributed by atoms with Crippen molar-refractivity contribution in [1.29, 1.82) is 0 Å². The molecule has 3 heteroatoms. The van der Waals surface area contributed by atoms with Crippen LogP contribution >= 0.6 is 0 Å². The van der Waals surface area contributed by atoms with Crippen LogP contribution < -0.4 is 0 Å². The van der Waals surface area contributed by atoms with E-state index in [1.807, 2.05) is 0 Å². The molecule has 51 heavy (non-hydrogen) atoms. The second-order valence-electron chi connectivity index (χ2n) is 13.3. The molecule has 0 amide bonds. The number of rotatable bonds is 4. The third kappa shape index (κ3) is 4.19. The first-order chi connectivity index (χ1) is 25.3. The number of aromatic nitrogens is 2. The first-order valence-electron chi connectivity index (χ1n) is 17.4. The Morgan fingerprint density at radius 1 is 0.294 bits per heavy atom. The molecule has 0 atom stereocenters. The quantitative estimate of drug-likeness (QED) is 0.186. The number of para-hydroxylation sites is 2. The summed E-state index contributed by atoms with van der Waals surface area (Å²) in [5.41, 5.74) is 13.4. The van der Waals surface area contributed by atoms with Crippen LogP contribution in [0.25, 0.3) is 99.2 Å². The summed E-state index contributed by atoms with van der Waals surface area (Å²) in [7, 11) is 0. The third-order valence-corrected chi connectivity index (χ3v) is 10.5. The maximum absolute atomic E-state index is 6.64. The molecular weight excluding hydrogens is 621 g/mol. The highest BCUT2D eigenvalue weighted by molar-refractivity contribution is 6.24. The Labute approximate surface area is 293 Å². The van der Waals surface area contributed by atoms with Crippen molar-refractivity contribution in [2.45, 2.75) is 0 Å². The number of hydrogen-bond donors (Lipinski definition) is 0. The van der Waals surface area contributed by atoms with Crippen LogP contribution in [-0.4, -0.2) is 9.13 Å². The molecule has 0 unspecified atom stereocenters. The smallest absolute Gasteiger partial charge is 0.137 e. The Morgan fingerprint density at radius 3 is 1.39 bits per heavy atom. The monoisotopic (exact) mass is 650 g/mol. The van der Waals surface area contributed by atoms with Gasteiger partial charge in [0.25, 0.3) is 0 Å². The van der Waals surface area contributed by atoms with Crippen molar-refractivity contribution in [2.24, 2.45) is 0 Å². The Kier molecular flexibility index (Phi) is 5.96. The first-order valence-corrected chi connectivity index (χ1v) is 17.4. The zero-order valence-corrected chi connectivity index (χ0v) is 27.6. The van der Waals surface area contributed by atoms with Gasteiger partial charge in [-0.2, -0.15) is 0 Å². The molecule has 0 aliphatic heterocycles. The van der Waals surface area contributed by atoms with Crippen molar-refractivity contribution in [3.63, 3.8) is 0 Å². The molecule has 11 aromatic rings. The maximum atomic E-state index is 6.64. The predicted octanol–water partition coefficient (Wildman–Crippen LogP) is 13.1. The molecule has 238 valence electrons. The molecule has 8 aromatic carbocycles. The van der Waals surface area contributed by atoms with Crippen molar-refractivity contribution in [1.82, 2.24) is 9.13 Å². The average molecular weight is 651 g/mol. The van der Waals surface area contributed by atoms with Gasteiger partial charge < -0.3 is 13.6 Å². The lowest BCUT2D eigenvalue weighted by molar-refractivity contribution is 0.669. The number of fused-ring (bicyclic) bond motifs is 10. The molecule has 11 rings (SSSR count). The van der Waals surface area contributed by atoms with Crippen molar-refractivity contribution in [3.05, 3.63) is 182 Å². The summed E-state index contributed by atoms with van der Waals surface area (Å²) >= 11 is 0. The van der Waals surface area contributed by atoms with E-state index in [4.69, 9.17) is 4.42 Å². The minimum atomic E-state index is 0.877.